The molecule has 0 saturated heterocycles. The summed E-state index contributed by atoms with van der Waals surface area (Å²) in [5.74, 6) is 0.165. The molecule has 0 aliphatic carbocycles. The Hall–Kier alpha value is -0.690. The zero-order chi connectivity index (χ0) is 16.1. The molecule has 3 N–H and O–H groups in total. The SMILES string of the molecule is NP(=O)(O)[N+](CCCl)(CCCl)Cc1ccccc1[N+](=O)[O-]. The van der Waals surface area contributed by atoms with Crippen molar-refractivity contribution < 1.29 is 18.6 Å². The minimum atomic E-state index is -4.11. The number of nitrogens with two attached hydrogens (primary N) is 1. The lowest BCUT2D eigenvalue weighted by Crippen LogP contribution is -2.48. The molecule has 1 aromatic rings. The summed E-state index contributed by atoms with van der Waals surface area (Å²) in [6.45, 7) is 0.0933. The number of nitrogens with zero attached hydrogens (tertiary/aromatic N) is 2. The van der Waals surface area contributed by atoms with Crippen molar-refractivity contribution in [1.29, 1.82) is 0 Å². The van der Waals surface area contributed by atoms with Crippen molar-refractivity contribution in [2.24, 2.45) is 5.50 Å². The summed E-state index contributed by atoms with van der Waals surface area (Å²) in [4.78, 5) is 20.4. The Bertz CT molecular complexity index is 546. The summed E-state index contributed by atoms with van der Waals surface area (Å²) >= 11 is 11.4. The van der Waals surface area contributed by atoms with Crippen LogP contribution in [0.5, 0.6) is 0 Å². The van der Waals surface area contributed by atoms with Crippen LogP contribution in [0.3, 0.4) is 0 Å². The minimum absolute atomic E-state index is 0.0825. The van der Waals surface area contributed by atoms with Crippen molar-refractivity contribution in [3.63, 3.8) is 0 Å². The second-order valence-corrected chi connectivity index (χ2v) is 7.34. The second-order valence-electron chi connectivity index (χ2n) is 4.55. The van der Waals surface area contributed by atoms with E-state index >= 15 is 0 Å². The number of quaternary nitrogens is 1. The first-order valence-corrected chi connectivity index (χ1v) is 8.84. The molecule has 0 spiro atoms. The molecule has 7 nitrogen and oxygen atoms in total. The van der Waals surface area contributed by atoms with Crippen LogP contribution in [0.1, 0.15) is 5.56 Å². The Morgan fingerprint density at radius 1 is 1.29 bits per heavy atom. The maximum Gasteiger partial charge on any atom is 0.456 e. The normalized spacial score (nSPS) is 14.7. The second kappa shape index (κ2) is 7.54. The van der Waals surface area contributed by atoms with E-state index in [1.165, 1.54) is 18.2 Å². The average molecular weight is 357 g/mol. The number of halogens is 2. The number of hydrogen-bond acceptors (Lipinski definition) is 3. The van der Waals surface area contributed by atoms with E-state index in [-0.39, 0.29) is 37.1 Å². The van der Waals surface area contributed by atoms with Crippen LogP contribution in [0.15, 0.2) is 24.3 Å². The van der Waals surface area contributed by atoms with E-state index in [2.05, 4.69) is 0 Å². The summed E-state index contributed by atoms with van der Waals surface area (Å²) in [6, 6.07) is 6.02. The molecular weight excluding hydrogens is 340 g/mol. The van der Waals surface area contributed by atoms with Crippen molar-refractivity contribution in [3.05, 3.63) is 39.9 Å². The van der Waals surface area contributed by atoms with Gasteiger partial charge in [-0.1, -0.05) is 12.1 Å². The molecule has 1 aromatic carbocycles. The molecule has 0 bridgehead atoms. The van der Waals surface area contributed by atoms with Crippen molar-refractivity contribution in [1.82, 2.24) is 0 Å². The Balaban J connectivity index is 3.30. The summed E-state index contributed by atoms with van der Waals surface area (Å²) in [6.07, 6.45) is 0. The number of hydrogen-bond donors (Lipinski definition) is 2. The lowest BCUT2D eigenvalue weighted by atomic mass is 10.1. The van der Waals surface area contributed by atoms with Gasteiger partial charge in [0.1, 0.15) is 6.54 Å². The standard InChI is InChI=1S/C11H16Cl2N3O4P/c12-5-7-16(8-6-13,21(14,19)20)9-10-3-1-2-4-11(10)15(17)18/h1-4H,5-9H2,(H2-,14,19,20)/p+1. The fraction of sp³-hybridized carbons (Fsp3) is 0.455. The minimum Gasteiger partial charge on any atom is -0.289 e. The van der Waals surface area contributed by atoms with Gasteiger partial charge in [-0.05, 0) is 6.07 Å². The Labute approximate surface area is 132 Å². The van der Waals surface area contributed by atoms with Gasteiger partial charge in [0.05, 0.1) is 35.3 Å². The van der Waals surface area contributed by atoms with E-state index in [0.29, 0.717) is 5.56 Å². The highest BCUT2D eigenvalue weighted by atomic mass is 35.5. The number of benzene rings is 1. The highest BCUT2D eigenvalue weighted by Crippen LogP contribution is 2.47. The Morgan fingerprint density at radius 3 is 2.24 bits per heavy atom. The van der Waals surface area contributed by atoms with Crippen LogP contribution in [-0.4, -0.2) is 38.9 Å². The molecule has 1 rings (SSSR count). The number of para-hydroxylation sites is 1. The molecule has 1 unspecified atom stereocenters. The number of nitro groups is 1. The van der Waals surface area contributed by atoms with Crippen molar-refractivity contribution in [3.8, 4) is 0 Å². The van der Waals surface area contributed by atoms with Gasteiger partial charge in [0.15, 0.2) is 0 Å². The molecule has 21 heavy (non-hydrogen) atoms. The van der Waals surface area contributed by atoms with Crippen LogP contribution in [0.2, 0.25) is 0 Å². The lowest BCUT2D eigenvalue weighted by Gasteiger charge is -2.38. The van der Waals surface area contributed by atoms with Gasteiger partial charge in [-0.3, -0.25) is 15.0 Å². The first kappa shape index (κ1) is 18.4. The summed E-state index contributed by atoms with van der Waals surface area (Å²) in [5, 5.41) is 11.1. The number of rotatable bonds is 8. The quantitative estimate of drug-likeness (QED) is 0.322. The first-order valence-electron chi connectivity index (χ1n) is 6.09. The van der Waals surface area contributed by atoms with Crippen LogP contribution >= 0.6 is 30.9 Å². The predicted molar refractivity (Wildman–Crippen MR) is 82.2 cm³/mol. The van der Waals surface area contributed by atoms with Crippen LogP contribution in [0.4, 0.5) is 5.69 Å². The van der Waals surface area contributed by atoms with Crippen LogP contribution in [0, 0.1) is 10.1 Å². The van der Waals surface area contributed by atoms with E-state index in [1.807, 2.05) is 0 Å². The molecule has 0 aliphatic rings. The molecular formula is C11H17Cl2N3O4P+. The van der Waals surface area contributed by atoms with Gasteiger partial charge in [-0.15, -0.1) is 23.2 Å². The first-order chi connectivity index (χ1) is 9.77. The van der Waals surface area contributed by atoms with Crippen molar-refractivity contribution in [2.75, 3.05) is 24.8 Å². The van der Waals surface area contributed by atoms with E-state index in [9.17, 15) is 19.6 Å². The monoisotopic (exact) mass is 356 g/mol. The molecule has 0 radical (unpaired) electrons. The summed E-state index contributed by atoms with van der Waals surface area (Å²) in [5.41, 5.74) is 5.65. The van der Waals surface area contributed by atoms with Gasteiger partial charge in [0, 0.05) is 6.07 Å². The molecule has 0 heterocycles. The van der Waals surface area contributed by atoms with Gasteiger partial charge in [-0.25, -0.2) is 14.3 Å². The lowest BCUT2D eigenvalue weighted by molar-refractivity contribution is -0.827. The third kappa shape index (κ3) is 4.39. The van der Waals surface area contributed by atoms with Gasteiger partial charge < -0.3 is 0 Å². The zero-order valence-electron chi connectivity index (χ0n) is 11.2. The molecule has 1 atom stereocenters. The van der Waals surface area contributed by atoms with Gasteiger partial charge in [-0.2, -0.15) is 0 Å². The predicted octanol–water partition coefficient (Wildman–Crippen LogP) is 2.45. The molecule has 0 aliphatic heterocycles. The van der Waals surface area contributed by atoms with Crippen LogP contribution < -0.4 is 5.50 Å². The number of alkyl halides is 2. The smallest absolute Gasteiger partial charge is 0.289 e. The van der Waals surface area contributed by atoms with Crippen LogP contribution in [-0.2, 0) is 11.1 Å². The van der Waals surface area contributed by atoms with Crippen molar-refractivity contribution >= 4 is 36.6 Å². The largest absolute Gasteiger partial charge is 0.456 e. The van der Waals surface area contributed by atoms with Gasteiger partial charge in [0.25, 0.3) is 5.69 Å². The Morgan fingerprint density at radius 2 is 1.81 bits per heavy atom. The van der Waals surface area contributed by atoms with E-state index in [1.54, 1.807) is 6.07 Å². The molecule has 0 amide bonds. The van der Waals surface area contributed by atoms with E-state index < -0.39 is 16.8 Å². The van der Waals surface area contributed by atoms with E-state index in [0.717, 1.165) is 0 Å². The van der Waals surface area contributed by atoms with E-state index in [4.69, 9.17) is 28.7 Å². The van der Waals surface area contributed by atoms with Crippen molar-refractivity contribution in [2.45, 2.75) is 6.54 Å². The summed E-state index contributed by atoms with van der Waals surface area (Å²) < 4.78 is 11.6. The summed E-state index contributed by atoms with van der Waals surface area (Å²) in [7, 11) is -4.11. The highest BCUT2D eigenvalue weighted by Gasteiger charge is 2.44. The van der Waals surface area contributed by atoms with Crippen LogP contribution in [0.25, 0.3) is 0 Å². The fourth-order valence-electron chi connectivity index (χ4n) is 2.11. The third-order valence-electron chi connectivity index (χ3n) is 3.26. The molecule has 10 heteroatoms. The molecule has 0 aromatic heterocycles. The van der Waals surface area contributed by atoms with Gasteiger partial charge in [0.2, 0.25) is 0 Å². The maximum absolute atomic E-state index is 12.1. The molecule has 118 valence electrons. The zero-order valence-corrected chi connectivity index (χ0v) is 13.6. The fourth-order valence-corrected chi connectivity index (χ4v) is 4.12. The molecule has 0 fully saturated rings. The Kier molecular flexibility index (Phi) is 6.59. The number of nitro benzene ring substituents is 1. The maximum atomic E-state index is 12.1. The topological polar surface area (TPSA) is 106 Å². The van der Waals surface area contributed by atoms with Gasteiger partial charge >= 0.3 is 7.67 Å². The highest BCUT2D eigenvalue weighted by molar-refractivity contribution is 7.49. The third-order valence-corrected chi connectivity index (χ3v) is 5.36. The average Bonchev–Trinajstić information content (AvgIpc) is 2.38. The molecule has 0 saturated carbocycles.